The van der Waals surface area contributed by atoms with Crippen molar-refractivity contribution in [2.75, 3.05) is 0 Å². The zero-order chi connectivity index (χ0) is 12.3. The Kier molecular flexibility index (Phi) is 3.05. The molecule has 0 amide bonds. The Bertz CT molecular complexity index is 565. The Morgan fingerprint density at radius 3 is 2.59 bits per heavy atom. The number of carbonyl (C=O) groups excluding carboxylic acids is 1. The summed E-state index contributed by atoms with van der Waals surface area (Å²) in [6.45, 7) is 1.24. The number of hydrogen-bond acceptors (Lipinski definition) is 1. The van der Waals surface area contributed by atoms with E-state index in [1.54, 1.807) is 6.08 Å². The molecule has 0 N–H and O–H groups in total. The third-order valence-corrected chi connectivity index (χ3v) is 2.64. The van der Waals surface area contributed by atoms with Crippen molar-refractivity contribution >= 4 is 23.1 Å². The zero-order valence-electron chi connectivity index (χ0n) is 9.56. The highest BCUT2D eigenvalue weighted by Gasteiger charge is 2.16. The molecule has 2 aromatic carbocycles. The Hall–Kier alpha value is -1.96. The molecule has 0 aliphatic heterocycles. The molecule has 0 aliphatic carbocycles. The largest absolute Gasteiger partial charge is 0.299 e. The fourth-order valence-corrected chi connectivity index (χ4v) is 1.69. The fraction of sp³-hybridized carbons (Fsp3) is 0.133. The van der Waals surface area contributed by atoms with Gasteiger partial charge in [0.2, 0.25) is 0 Å². The molecule has 0 aromatic heterocycles. The van der Waals surface area contributed by atoms with Gasteiger partial charge < -0.3 is 0 Å². The zero-order valence-corrected chi connectivity index (χ0v) is 9.56. The number of hydrogen-bond donors (Lipinski definition) is 0. The van der Waals surface area contributed by atoms with Gasteiger partial charge in [-0.05, 0) is 29.3 Å². The summed E-state index contributed by atoms with van der Waals surface area (Å²) in [5.74, 6) is 0. The lowest BCUT2D eigenvalue weighted by Crippen LogP contribution is -2.14. The molecule has 0 radical (unpaired) electrons. The molecule has 0 saturated heterocycles. The highest BCUT2D eigenvalue weighted by Crippen LogP contribution is 2.21. The van der Waals surface area contributed by atoms with Gasteiger partial charge in [0.15, 0.2) is 12.0 Å². The summed E-state index contributed by atoms with van der Waals surface area (Å²) in [4.78, 5) is 10.5. The van der Waals surface area contributed by atoms with Crippen molar-refractivity contribution in [3.05, 3.63) is 54.1 Å². The van der Waals surface area contributed by atoms with E-state index in [2.05, 4.69) is 0 Å². The summed E-state index contributed by atoms with van der Waals surface area (Å²) in [6, 6.07) is 13.7. The maximum absolute atomic E-state index is 13.5. The lowest BCUT2D eigenvalue weighted by molar-refractivity contribution is -0.114. The van der Waals surface area contributed by atoms with Gasteiger partial charge in [-0.3, -0.25) is 4.79 Å². The molecule has 0 unspecified atom stereocenters. The Balaban J connectivity index is 2.46. The van der Waals surface area contributed by atoms with Crippen LogP contribution in [-0.2, 0) is 4.79 Å². The number of aldehydes is 1. The van der Waals surface area contributed by atoms with Gasteiger partial charge in [-0.2, -0.15) is 0 Å². The van der Waals surface area contributed by atoms with Crippen LogP contribution in [0.3, 0.4) is 0 Å². The molecule has 1 atom stereocenters. The minimum atomic E-state index is -1.91. The van der Waals surface area contributed by atoms with Crippen LogP contribution in [0, 0.1) is 0 Å². The standard InChI is InChI=1S/C15H13FO/c1-15(16,11-17)10-9-13-7-4-6-12-5-2-3-8-14(12)13/h2-11H,1H3/b10-9+/t15-/m0/s1. The van der Waals surface area contributed by atoms with Crippen molar-refractivity contribution in [3.8, 4) is 0 Å². The molecule has 0 spiro atoms. The molecule has 0 heterocycles. The maximum atomic E-state index is 13.5. The number of halogens is 1. The molecule has 2 rings (SSSR count). The second kappa shape index (κ2) is 4.50. The molecule has 0 saturated carbocycles. The SMILES string of the molecule is C[C@@](F)(C=O)/C=C/c1cccc2ccccc12. The predicted molar refractivity (Wildman–Crippen MR) is 68.6 cm³/mol. The number of allylic oxidation sites excluding steroid dienone is 1. The molecule has 0 aliphatic rings. The second-order valence-corrected chi connectivity index (χ2v) is 4.17. The topological polar surface area (TPSA) is 17.1 Å². The van der Waals surface area contributed by atoms with E-state index in [1.165, 1.54) is 13.0 Å². The van der Waals surface area contributed by atoms with E-state index in [0.717, 1.165) is 16.3 Å². The van der Waals surface area contributed by atoms with Crippen LogP contribution in [0.25, 0.3) is 16.8 Å². The molecule has 1 nitrogen and oxygen atoms in total. The monoisotopic (exact) mass is 228 g/mol. The van der Waals surface area contributed by atoms with Gasteiger partial charge in [0.25, 0.3) is 0 Å². The third kappa shape index (κ3) is 2.59. The first kappa shape index (κ1) is 11.5. The van der Waals surface area contributed by atoms with Crippen molar-refractivity contribution in [2.24, 2.45) is 0 Å². The first-order valence-corrected chi connectivity index (χ1v) is 5.45. The first-order valence-electron chi connectivity index (χ1n) is 5.45. The lowest BCUT2D eigenvalue weighted by Gasteiger charge is -2.06. The molecule has 0 fully saturated rings. The Morgan fingerprint density at radius 1 is 1.12 bits per heavy atom. The average molecular weight is 228 g/mol. The van der Waals surface area contributed by atoms with Crippen LogP contribution in [0.15, 0.2) is 48.5 Å². The fourth-order valence-electron chi connectivity index (χ4n) is 1.69. The lowest BCUT2D eigenvalue weighted by atomic mass is 10.0. The number of benzene rings is 2. The number of rotatable bonds is 3. The van der Waals surface area contributed by atoms with E-state index in [9.17, 15) is 9.18 Å². The summed E-state index contributed by atoms with van der Waals surface area (Å²) >= 11 is 0. The summed E-state index contributed by atoms with van der Waals surface area (Å²) in [5.41, 5.74) is -0.995. The molecular formula is C15H13FO. The highest BCUT2D eigenvalue weighted by molar-refractivity contribution is 5.90. The molecular weight excluding hydrogens is 215 g/mol. The first-order chi connectivity index (χ1) is 8.12. The van der Waals surface area contributed by atoms with Gasteiger partial charge in [0.1, 0.15) is 0 Å². The molecule has 0 bridgehead atoms. The quantitative estimate of drug-likeness (QED) is 0.731. The van der Waals surface area contributed by atoms with E-state index >= 15 is 0 Å². The smallest absolute Gasteiger partial charge is 0.181 e. The van der Waals surface area contributed by atoms with Crippen LogP contribution in [0.2, 0.25) is 0 Å². The summed E-state index contributed by atoms with van der Waals surface area (Å²) in [7, 11) is 0. The van der Waals surface area contributed by atoms with Crippen LogP contribution < -0.4 is 0 Å². The van der Waals surface area contributed by atoms with Crippen LogP contribution in [0.1, 0.15) is 12.5 Å². The minimum Gasteiger partial charge on any atom is -0.299 e. The van der Waals surface area contributed by atoms with E-state index < -0.39 is 5.67 Å². The molecule has 86 valence electrons. The van der Waals surface area contributed by atoms with Gasteiger partial charge in [-0.25, -0.2) is 4.39 Å². The van der Waals surface area contributed by atoms with Crippen molar-refractivity contribution in [1.82, 2.24) is 0 Å². The molecule has 2 heteroatoms. The van der Waals surface area contributed by atoms with Crippen LogP contribution in [0.5, 0.6) is 0 Å². The van der Waals surface area contributed by atoms with E-state index in [4.69, 9.17) is 0 Å². The number of carbonyl (C=O) groups is 1. The van der Waals surface area contributed by atoms with Gasteiger partial charge in [0, 0.05) is 0 Å². The van der Waals surface area contributed by atoms with Gasteiger partial charge in [0.05, 0.1) is 0 Å². The van der Waals surface area contributed by atoms with E-state index in [1.807, 2.05) is 42.5 Å². The van der Waals surface area contributed by atoms with Crippen molar-refractivity contribution < 1.29 is 9.18 Å². The van der Waals surface area contributed by atoms with Gasteiger partial charge in [-0.15, -0.1) is 0 Å². The summed E-state index contributed by atoms with van der Waals surface area (Å²) < 4.78 is 13.5. The van der Waals surface area contributed by atoms with Crippen LogP contribution in [0.4, 0.5) is 4.39 Å². The van der Waals surface area contributed by atoms with E-state index in [-0.39, 0.29) is 0 Å². The van der Waals surface area contributed by atoms with Crippen LogP contribution >= 0.6 is 0 Å². The van der Waals surface area contributed by atoms with Crippen molar-refractivity contribution in [3.63, 3.8) is 0 Å². The van der Waals surface area contributed by atoms with Gasteiger partial charge in [-0.1, -0.05) is 48.5 Å². The number of alkyl halides is 1. The van der Waals surface area contributed by atoms with Crippen LogP contribution in [-0.4, -0.2) is 12.0 Å². The Labute approximate surface area is 99.6 Å². The normalized spacial score (nSPS) is 14.9. The minimum absolute atomic E-state index is 0.300. The summed E-state index contributed by atoms with van der Waals surface area (Å²) in [6.07, 6.45) is 3.23. The van der Waals surface area contributed by atoms with Crippen molar-refractivity contribution in [2.45, 2.75) is 12.6 Å². The molecule has 2 aromatic rings. The highest BCUT2D eigenvalue weighted by atomic mass is 19.1. The third-order valence-electron chi connectivity index (χ3n) is 2.64. The molecule has 17 heavy (non-hydrogen) atoms. The van der Waals surface area contributed by atoms with Crippen molar-refractivity contribution in [1.29, 1.82) is 0 Å². The second-order valence-electron chi connectivity index (χ2n) is 4.17. The Morgan fingerprint density at radius 2 is 1.82 bits per heavy atom. The van der Waals surface area contributed by atoms with Gasteiger partial charge >= 0.3 is 0 Å². The predicted octanol–water partition coefficient (Wildman–Crippen LogP) is 3.78. The van der Waals surface area contributed by atoms with E-state index in [0.29, 0.717) is 6.29 Å². The maximum Gasteiger partial charge on any atom is 0.181 e. The summed E-state index contributed by atoms with van der Waals surface area (Å²) in [5, 5.41) is 2.15. The average Bonchev–Trinajstić information content (AvgIpc) is 2.36. The number of fused-ring (bicyclic) bond motifs is 1.